The van der Waals surface area contributed by atoms with Crippen molar-refractivity contribution in [3.63, 3.8) is 0 Å². The largest absolute Gasteiger partial charge is 0.307 e. The van der Waals surface area contributed by atoms with E-state index in [0.717, 1.165) is 0 Å². The first-order chi connectivity index (χ1) is 4.27. The van der Waals surface area contributed by atoms with Crippen molar-refractivity contribution in [2.45, 2.75) is 5.50 Å². The van der Waals surface area contributed by atoms with E-state index < -0.39 is 0 Å². The van der Waals surface area contributed by atoms with E-state index in [2.05, 4.69) is 0 Å². The van der Waals surface area contributed by atoms with Crippen LogP contribution in [0.3, 0.4) is 0 Å². The van der Waals surface area contributed by atoms with Gasteiger partial charge in [0.15, 0.2) is 0 Å². The molecule has 4 N–H and O–H groups in total. The molecule has 50 valence electrons. The fourth-order valence-electron chi connectivity index (χ4n) is 0.267. The summed E-state index contributed by atoms with van der Waals surface area (Å²) in [5.74, 6) is 0.700. The lowest BCUT2D eigenvalue weighted by atomic mass is 10.6. The minimum absolute atomic E-state index is 0.339. The monoisotopic (exact) mass is 143 g/mol. The minimum atomic E-state index is -0.339. The lowest BCUT2D eigenvalue weighted by Crippen LogP contribution is -2.26. The summed E-state index contributed by atoms with van der Waals surface area (Å²) in [6, 6.07) is 1.87. The Morgan fingerprint density at radius 2 is 2.33 bits per heavy atom. The van der Waals surface area contributed by atoms with Crippen molar-refractivity contribution in [1.29, 1.82) is 5.26 Å². The number of nitrogens with two attached hydrogens (primary N) is 2. The van der Waals surface area contributed by atoms with Crippen LogP contribution in [0.1, 0.15) is 0 Å². The van der Waals surface area contributed by atoms with Gasteiger partial charge in [0.1, 0.15) is 5.50 Å². The van der Waals surface area contributed by atoms with E-state index in [1.54, 1.807) is 6.08 Å². The van der Waals surface area contributed by atoms with Crippen molar-refractivity contribution < 1.29 is 0 Å². The summed E-state index contributed by atoms with van der Waals surface area (Å²) in [6.07, 6.45) is 3.13. The molecular weight excluding hydrogens is 134 g/mol. The molecule has 0 saturated heterocycles. The van der Waals surface area contributed by atoms with Gasteiger partial charge in [0.05, 0.1) is 6.07 Å². The molecule has 0 heterocycles. The number of hydrogen-bond acceptors (Lipinski definition) is 4. The quantitative estimate of drug-likeness (QED) is 0.430. The van der Waals surface area contributed by atoms with Gasteiger partial charge >= 0.3 is 0 Å². The Labute approximate surface area is 58.7 Å². The van der Waals surface area contributed by atoms with Crippen LogP contribution >= 0.6 is 11.8 Å². The van der Waals surface area contributed by atoms with E-state index in [-0.39, 0.29) is 5.50 Å². The maximum absolute atomic E-state index is 8.02. The molecule has 0 amide bonds. The zero-order valence-electron chi connectivity index (χ0n) is 4.95. The van der Waals surface area contributed by atoms with Gasteiger partial charge in [0.2, 0.25) is 0 Å². The van der Waals surface area contributed by atoms with Crippen molar-refractivity contribution in [2.75, 3.05) is 5.75 Å². The molecule has 0 aromatic carbocycles. The molecule has 4 heteroatoms. The van der Waals surface area contributed by atoms with Crippen molar-refractivity contribution in [3.8, 4) is 6.07 Å². The average molecular weight is 143 g/mol. The molecule has 0 saturated carbocycles. The van der Waals surface area contributed by atoms with Gasteiger partial charge in [-0.2, -0.15) is 5.26 Å². The van der Waals surface area contributed by atoms with Crippen LogP contribution in [0, 0.1) is 11.3 Å². The summed E-state index contributed by atoms with van der Waals surface area (Å²) in [7, 11) is 0. The summed E-state index contributed by atoms with van der Waals surface area (Å²) in [6.45, 7) is 0. The summed E-state index contributed by atoms with van der Waals surface area (Å²) in [5.41, 5.74) is 10.1. The van der Waals surface area contributed by atoms with Crippen LogP contribution in [-0.2, 0) is 0 Å². The van der Waals surface area contributed by atoms with Crippen molar-refractivity contribution in [3.05, 3.63) is 12.2 Å². The molecule has 0 radical (unpaired) electrons. The van der Waals surface area contributed by atoms with E-state index in [9.17, 15) is 0 Å². The maximum atomic E-state index is 8.02. The summed E-state index contributed by atoms with van der Waals surface area (Å²) in [5, 5.41) is 8.02. The second-order valence-corrected chi connectivity index (χ2v) is 2.54. The molecule has 0 spiro atoms. The predicted molar refractivity (Wildman–Crippen MR) is 39.4 cm³/mol. The van der Waals surface area contributed by atoms with Crippen molar-refractivity contribution in [2.24, 2.45) is 11.5 Å². The Bertz CT molecular complexity index is 125. The normalized spacial score (nSPS) is 10.4. The Balaban J connectivity index is 3.12. The second-order valence-electron chi connectivity index (χ2n) is 1.33. The number of hydrogen-bond donors (Lipinski definition) is 2. The molecule has 3 nitrogen and oxygen atoms in total. The molecule has 0 aliphatic carbocycles. The van der Waals surface area contributed by atoms with Crippen LogP contribution in [0.25, 0.3) is 0 Å². The average Bonchev–Trinajstić information content (AvgIpc) is 1.80. The Morgan fingerprint density at radius 3 is 2.78 bits per heavy atom. The minimum Gasteiger partial charge on any atom is -0.307 e. The molecule has 0 rings (SSSR count). The van der Waals surface area contributed by atoms with Crippen LogP contribution in [-0.4, -0.2) is 11.3 Å². The highest BCUT2D eigenvalue weighted by atomic mass is 32.2. The Morgan fingerprint density at radius 1 is 1.67 bits per heavy atom. The van der Waals surface area contributed by atoms with Crippen LogP contribution < -0.4 is 11.5 Å². The fraction of sp³-hybridized carbons (Fsp3) is 0.400. The van der Waals surface area contributed by atoms with Crippen LogP contribution in [0.2, 0.25) is 0 Å². The molecule has 0 unspecified atom stereocenters. The highest BCUT2D eigenvalue weighted by molar-refractivity contribution is 7.99. The van der Waals surface area contributed by atoms with Gasteiger partial charge in [-0.1, -0.05) is 6.08 Å². The number of nitriles is 1. The maximum Gasteiger partial charge on any atom is 0.101 e. The molecule has 0 bridgehead atoms. The SMILES string of the molecule is N#C/C=C/CSC(N)N. The molecule has 0 aromatic heterocycles. The van der Waals surface area contributed by atoms with Crippen LogP contribution in [0.4, 0.5) is 0 Å². The van der Waals surface area contributed by atoms with E-state index in [0.29, 0.717) is 5.75 Å². The smallest absolute Gasteiger partial charge is 0.101 e. The third-order valence-electron chi connectivity index (χ3n) is 0.577. The fourth-order valence-corrected chi connectivity index (χ4v) is 0.697. The van der Waals surface area contributed by atoms with Crippen molar-refractivity contribution >= 4 is 11.8 Å². The zero-order chi connectivity index (χ0) is 7.11. The molecule has 0 fully saturated rings. The zero-order valence-corrected chi connectivity index (χ0v) is 5.77. The van der Waals surface area contributed by atoms with E-state index in [1.165, 1.54) is 17.8 Å². The highest BCUT2D eigenvalue weighted by Crippen LogP contribution is 1.98. The lowest BCUT2D eigenvalue weighted by molar-refractivity contribution is 0.990. The van der Waals surface area contributed by atoms with Gasteiger partial charge in [0.25, 0.3) is 0 Å². The second kappa shape index (κ2) is 5.63. The van der Waals surface area contributed by atoms with E-state index in [1.807, 2.05) is 6.07 Å². The predicted octanol–water partition coefficient (Wildman–Crippen LogP) is 0.000380. The number of thioether (sulfide) groups is 1. The summed E-state index contributed by atoms with van der Waals surface area (Å²) in [4.78, 5) is 0. The van der Waals surface area contributed by atoms with Gasteiger partial charge in [-0.3, -0.25) is 0 Å². The first kappa shape index (κ1) is 8.50. The standard InChI is InChI=1S/C5H9N3S/c6-3-1-2-4-9-5(7)8/h1-2,5H,4,7-8H2/b2-1+. The number of rotatable bonds is 3. The highest BCUT2D eigenvalue weighted by Gasteiger charge is 1.88. The number of nitrogens with zero attached hydrogens (tertiary/aromatic N) is 1. The van der Waals surface area contributed by atoms with Crippen LogP contribution in [0.5, 0.6) is 0 Å². The third kappa shape index (κ3) is 7.50. The molecule has 0 aliphatic heterocycles. The van der Waals surface area contributed by atoms with Crippen molar-refractivity contribution in [1.82, 2.24) is 0 Å². The topological polar surface area (TPSA) is 75.8 Å². The van der Waals surface area contributed by atoms with Gasteiger partial charge in [-0.25, -0.2) is 0 Å². The molecular formula is C5H9N3S. The van der Waals surface area contributed by atoms with Gasteiger partial charge in [-0.15, -0.1) is 11.8 Å². The molecule has 0 aliphatic rings. The van der Waals surface area contributed by atoms with Crippen LogP contribution in [0.15, 0.2) is 12.2 Å². The number of allylic oxidation sites excluding steroid dienone is 1. The van der Waals surface area contributed by atoms with Gasteiger partial charge in [-0.05, 0) is 0 Å². The van der Waals surface area contributed by atoms with E-state index >= 15 is 0 Å². The third-order valence-corrected chi connectivity index (χ3v) is 1.35. The Kier molecular flexibility index (Phi) is 5.32. The summed E-state index contributed by atoms with van der Waals surface area (Å²) < 4.78 is 0. The first-order valence-electron chi connectivity index (χ1n) is 2.44. The Hall–Kier alpha value is -0.500. The lowest BCUT2D eigenvalue weighted by Gasteiger charge is -1.98. The van der Waals surface area contributed by atoms with Gasteiger partial charge < -0.3 is 11.5 Å². The molecule has 0 atom stereocenters. The first-order valence-corrected chi connectivity index (χ1v) is 3.49. The summed E-state index contributed by atoms with van der Waals surface area (Å²) >= 11 is 1.39. The van der Waals surface area contributed by atoms with Gasteiger partial charge in [0, 0.05) is 11.8 Å². The molecule has 9 heavy (non-hydrogen) atoms. The van der Waals surface area contributed by atoms with E-state index in [4.69, 9.17) is 16.7 Å². The molecule has 0 aromatic rings.